The summed E-state index contributed by atoms with van der Waals surface area (Å²) in [6.45, 7) is 1.90. The Kier molecular flexibility index (Phi) is 4.36. The fraction of sp³-hybridized carbons (Fsp3) is 0.435. The monoisotopic (exact) mass is 512 g/mol. The predicted molar refractivity (Wildman–Crippen MR) is 128 cm³/mol. The molecule has 0 amide bonds. The first-order chi connectivity index (χ1) is 16.7. The summed E-state index contributed by atoms with van der Waals surface area (Å²) in [6, 6.07) is 8.35. The van der Waals surface area contributed by atoms with Gasteiger partial charge in [-0.3, -0.25) is 4.40 Å². The molecule has 7 rings (SSSR count). The van der Waals surface area contributed by atoms with Gasteiger partial charge in [0.2, 0.25) is 10.0 Å². The highest BCUT2D eigenvalue weighted by atomic mass is 32.2. The van der Waals surface area contributed by atoms with Gasteiger partial charge in [0.05, 0.1) is 21.9 Å². The van der Waals surface area contributed by atoms with Crippen LogP contribution in [0.2, 0.25) is 0 Å². The molecule has 3 saturated carbocycles. The number of hydrogen-bond donors (Lipinski definition) is 1. The van der Waals surface area contributed by atoms with Crippen LogP contribution in [0.25, 0.3) is 16.8 Å². The highest BCUT2D eigenvalue weighted by Gasteiger charge is 2.57. The van der Waals surface area contributed by atoms with Crippen LogP contribution in [-0.2, 0) is 20.0 Å². The molecule has 0 spiro atoms. The zero-order chi connectivity index (χ0) is 24.1. The molecule has 3 heterocycles. The lowest BCUT2D eigenvalue weighted by Gasteiger charge is -2.17. The molecule has 182 valence electrons. The maximum absolute atomic E-state index is 13.3. The van der Waals surface area contributed by atoms with Crippen LogP contribution in [0, 0.1) is 18.8 Å². The highest BCUT2D eigenvalue weighted by Crippen LogP contribution is 2.59. The molecular formula is C23H24N6O4S2. The first kappa shape index (κ1) is 21.5. The highest BCUT2D eigenvalue weighted by molar-refractivity contribution is 7.90. The lowest BCUT2D eigenvalue weighted by atomic mass is 10.0. The minimum Gasteiger partial charge on any atom is -0.274 e. The minimum absolute atomic E-state index is 0.0459. The Labute approximate surface area is 202 Å². The molecule has 1 N–H and O–H groups in total. The average molecular weight is 513 g/mol. The molecule has 35 heavy (non-hydrogen) atoms. The third kappa shape index (κ3) is 3.26. The number of rotatable bonds is 6. The standard InChI is InChI=1S/C23H24N6O4S2/c1-13-2-4-15(5-3-13)35(32,33)28-9-8-20-23(28)24-12-21-25-26-22(29(20)21)18-11-19(17-10-16(17)18)27-34(30,31)14-6-7-14/h2-5,8-9,12,14,16-19,27H,6-7,10-11H2,1H3/t16-,17+,18-,19+/m0/s1. The van der Waals surface area contributed by atoms with Crippen LogP contribution in [0.1, 0.15) is 43.0 Å². The van der Waals surface area contributed by atoms with E-state index in [1.807, 2.05) is 11.3 Å². The number of nitrogens with zero attached hydrogens (tertiary/aromatic N) is 5. The topological polar surface area (TPSA) is 128 Å². The third-order valence-corrected chi connectivity index (χ3v) is 11.3. The predicted octanol–water partition coefficient (Wildman–Crippen LogP) is 2.20. The fourth-order valence-electron chi connectivity index (χ4n) is 5.61. The normalized spacial score (nSPS) is 26.4. The maximum atomic E-state index is 13.3. The van der Waals surface area contributed by atoms with Crippen molar-refractivity contribution in [2.45, 2.75) is 54.7 Å². The van der Waals surface area contributed by atoms with Crippen LogP contribution in [0.4, 0.5) is 0 Å². The number of aromatic nitrogens is 5. The Hall–Kier alpha value is -2.83. The van der Waals surface area contributed by atoms with Crippen LogP contribution < -0.4 is 4.72 Å². The van der Waals surface area contributed by atoms with Gasteiger partial charge in [-0.15, -0.1) is 10.2 Å². The van der Waals surface area contributed by atoms with E-state index in [1.165, 1.54) is 16.4 Å². The van der Waals surface area contributed by atoms with Crippen molar-refractivity contribution in [1.29, 1.82) is 0 Å². The second kappa shape index (κ2) is 7.11. The molecular weight excluding hydrogens is 488 g/mol. The Morgan fingerprint density at radius 1 is 0.971 bits per heavy atom. The SMILES string of the molecule is Cc1ccc(S(=O)(=O)n2ccc3c2ncc2nnc([C@H]4C[C@@H](NS(=O)(=O)C5CC5)[C@@H]5C[C@@H]54)n23)cc1. The molecule has 1 aromatic carbocycles. The molecule has 0 bridgehead atoms. The summed E-state index contributed by atoms with van der Waals surface area (Å²) < 4.78 is 57.7. The zero-order valence-electron chi connectivity index (χ0n) is 18.9. The van der Waals surface area contributed by atoms with Gasteiger partial charge in [0.15, 0.2) is 11.3 Å². The number of hydrogen-bond acceptors (Lipinski definition) is 7. The van der Waals surface area contributed by atoms with Crippen molar-refractivity contribution in [1.82, 2.24) is 28.3 Å². The molecule has 3 fully saturated rings. The molecule has 4 aromatic rings. The number of aryl methyl sites for hydroxylation is 1. The Balaban J connectivity index is 1.28. The fourth-order valence-corrected chi connectivity index (χ4v) is 8.55. The van der Waals surface area contributed by atoms with Crippen molar-refractivity contribution in [3.8, 4) is 0 Å². The first-order valence-electron chi connectivity index (χ1n) is 11.8. The summed E-state index contributed by atoms with van der Waals surface area (Å²) in [4.78, 5) is 4.60. The molecule has 3 aliphatic carbocycles. The molecule has 0 saturated heterocycles. The van der Waals surface area contributed by atoms with Gasteiger partial charge in [0.1, 0.15) is 5.82 Å². The largest absolute Gasteiger partial charge is 0.274 e. The smallest absolute Gasteiger partial charge is 0.269 e. The lowest BCUT2D eigenvalue weighted by Crippen LogP contribution is -2.37. The van der Waals surface area contributed by atoms with Crippen LogP contribution in [0.5, 0.6) is 0 Å². The van der Waals surface area contributed by atoms with Gasteiger partial charge < -0.3 is 0 Å². The van der Waals surface area contributed by atoms with Crippen molar-refractivity contribution >= 4 is 36.9 Å². The zero-order valence-corrected chi connectivity index (χ0v) is 20.6. The molecule has 3 aliphatic rings. The van der Waals surface area contributed by atoms with Gasteiger partial charge in [0, 0.05) is 18.2 Å². The second-order valence-corrected chi connectivity index (χ2v) is 13.8. The first-order valence-corrected chi connectivity index (χ1v) is 14.8. The molecule has 0 unspecified atom stereocenters. The molecule has 0 radical (unpaired) electrons. The van der Waals surface area contributed by atoms with Crippen LogP contribution >= 0.6 is 0 Å². The summed E-state index contributed by atoms with van der Waals surface area (Å²) in [6.07, 6.45) is 6.14. The van der Waals surface area contributed by atoms with E-state index in [2.05, 4.69) is 19.9 Å². The summed E-state index contributed by atoms with van der Waals surface area (Å²) in [5.41, 5.74) is 2.42. The van der Waals surface area contributed by atoms with Crippen LogP contribution in [-0.4, -0.2) is 51.7 Å². The lowest BCUT2D eigenvalue weighted by molar-refractivity contribution is 0.501. The van der Waals surface area contributed by atoms with Crippen LogP contribution in [0.15, 0.2) is 47.6 Å². The maximum Gasteiger partial charge on any atom is 0.269 e. The number of sulfonamides is 1. The summed E-state index contributed by atoms with van der Waals surface area (Å²) >= 11 is 0. The third-order valence-electron chi connectivity index (χ3n) is 7.68. The quantitative estimate of drug-likeness (QED) is 0.419. The van der Waals surface area contributed by atoms with Crippen molar-refractivity contribution < 1.29 is 16.8 Å². The molecule has 0 aliphatic heterocycles. The summed E-state index contributed by atoms with van der Waals surface area (Å²) in [5.74, 6) is 1.43. The summed E-state index contributed by atoms with van der Waals surface area (Å²) in [5, 5.41) is 8.51. The molecule has 3 aromatic heterocycles. The van der Waals surface area contributed by atoms with E-state index in [1.54, 1.807) is 30.3 Å². The van der Waals surface area contributed by atoms with Gasteiger partial charge in [0.25, 0.3) is 10.0 Å². The van der Waals surface area contributed by atoms with E-state index in [4.69, 9.17) is 0 Å². The van der Waals surface area contributed by atoms with Crippen molar-refractivity contribution in [2.24, 2.45) is 11.8 Å². The van der Waals surface area contributed by atoms with Gasteiger partial charge >= 0.3 is 0 Å². The molecule has 10 nitrogen and oxygen atoms in total. The van der Waals surface area contributed by atoms with Crippen LogP contribution in [0.3, 0.4) is 0 Å². The number of fused-ring (bicyclic) bond motifs is 4. The summed E-state index contributed by atoms with van der Waals surface area (Å²) in [7, 11) is -7.09. The molecule has 4 atom stereocenters. The van der Waals surface area contributed by atoms with Crippen molar-refractivity contribution in [2.75, 3.05) is 0 Å². The number of nitrogens with one attached hydrogen (secondary N) is 1. The van der Waals surface area contributed by atoms with Gasteiger partial charge in [-0.2, -0.15) is 0 Å². The minimum atomic E-state index is -3.83. The van der Waals surface area contributed by atoms with Crippen molar-refractivity contribution in [3.63, 3.8) is 0 Å². The Morgan fingerprint density at radius 3 is 2.49 bits per heavy atom. The van der Waals surface area contributed by atoms with Gasteiger partial charge in [-0.25, -0.2) is 30.5 Å². The van der Waals surface area contributed by atoms with Crippen molar-refractivity contribution in [3.05, 3.63) is 54.1 Å². The van der Waals surface area contributed by atoms with E-state index < -0.39 is 20.0 Å². The van der Waals surface area contributed by atoms with E-state index in [9.17, 15) is 16.8 Å². The van der Waals surface area contributed by atoms with E-state index >= 15 is 0 Å². The van der Waals surface area contributed by atoms with E-state index in [0.717, 1.165) is 30.7 Å². The van der Waals surface area contributed by atoms with Gasteiger partial charge in [-0.1, -0.05) is 17.7 Å². The number of benzene rings is 1. The van der Waals surface area contributed by atoms with Gasteiger partial charge in [-0.05, 0) is 62.6 Å². The Morgan fingerprint density at radius 2 is 1.74 bits per heavy atom. The van der Waals surface area contributed by atoms with E-state index in [-0.39, 0.29) is 22.1 Å². The average Bonchev–Trinajstić information content (AvgIpc) is 3.71. The second-order valence-electron chi connectivity index (χ2n) is 10.0. The Bertz CT molecular complexity index is 1700. The molecule has 12 heteroatoms. The van der Waals surface area contributed by atoms with E-state index in [0.29, 0.717) is 35.1 Å².